The number of nitrogens with one attached hydrogen (secondary N) is 1. The highest BCUT2D eigenvalue weighted by Gasteiger charge is 2.30. The highest BCUT2D eigenvalue weighted by atomic mass is 35.5. The van der Waals surface area contributed by atoms with Crippen LogP contribution >= 0.6 is 22.9 Å². The van der Waals surface area contributed by atoms with Gasteiger partial charge < -0.3 is 10.2 Å². The minimum absolute atomic E-state index is 0.144. The van der Waals surface area contributed by atoms with Gasteiger partial charge in [0.05, 0.1) is 33.2 Å². The van der Waals surface area contributed by atoms with E-state index in [1.165, 1.54) is 18.3 Å². The van der Waals surface area contributed by atoms with E-state index in [0.29, 0.717) is 15.8 Å². The van der Waals surface area contributed by atoms with Gasteiger partial charge in [0.25, 0.3) is 0 Å². The van der Waals surface area contributed by atoms with E-state index < -0.39 is 0 Å². The molecule has 0 aliphatic heterocycles. The van der Waals surface area contributed by atoms with Crippen molar-refractivity contribution in [2.45, 2.75) is 26.3 Å². The molecule has 1 N–H and O–H groups in total. The molecule has 3 aromatic heterocycles. The summed E-state index contributed by atoms with van der Waals surface area (Å²) in [5.74, 6) is -0.144. The zero-order valence-corrected chi connectivity index (χ0v) is 20.0. The standard InChI is InChI=1S/C23H22ClN7OS/c1-13(32)27-23-28-17-6-5-15-20(18-11-25-8-9-26-18)29-31(21(15)22(17)33-23)19-7-4-14(10-16(19)24)12-30(2)3/h4,7-11H,5-6,12H2,1-3H3,(H,27,28,32). The lowest BCUT2D eigenvalue weighted by Gasteiger charge is -2.16. The highest BCUT2D eigenvalue weighted by molar-refractivity contribution is 7.19. The molecule has 1 aromatic carbocycles. The summed E-state index contributed by atoms with van der Waals surface area (Å²) < 4.78 is 1.88. The van der Waals surface area contributed by atoms with Gasteiger partial charge in [-0.2, -0.15) is 5.10 Å². The van der Waals surface area contributed by atoms with Crippen LogP contribution < -0.4 is 5.32 Å². The van der Waals surface area contributed by atoms with Gasteiger partial charge in [0, 0.05) is 31.4 Å². The van der Waals surface area contributed by atoms with Gasteiger partial charge in [-0.1, -0.05) is 29.0 Å². The molecule has 1 aliphatic rings. The lowest BCUT2D eigenvalue weighted by atomic mass is 9.96. The summed E-state index contributed by atoms with van der Waals surface area (Å²) in [6, 6.07) is 6.04. The third kappa shape index (κ3) is 4.15. The van der Waals surface area contributed by atoms with Gasteiger partial charge in [0.1, 0.15) is 11.4 Å². The summed E-state index contributed by atoms with van der Waals surface area (Å²) in [5, 5.41) is 8.98. The summed E-state index contributed by atoms with van der Waals surface area (Å²) in [5.41, 5.74) is 6.36. The lowest BCUT2D eigenvalue weighted by Crippen LogP contribution is -2.11. The number of carbonyl (C=O) groups is 1. The maximum absolute atomic E-state index is 11.6. The Labute approximate surface area is 200 Å². The molecule has 4 aromatic rings. The number of fused-ring (bicyclic) bond motifs is 3. The van der Waals surface area contributed by atoms with Crippen molar-refractivity contribution in [2.24, 2.45) is 0 Å². The number of amides is 1. The number of halogens is 1. The Bertz CT molecular complexity index is 1350. The summed E-state index contributed by atoms with van der Waals surface area (Å²) >= 11 is 8.22. The van der Waals surface area contributed by atoms with E-state index in [-0.39, 0.29) is 5.91 Å². The van der Waals surface area contributed by atoms with Crippen LogP contribution in [0.2, 0.25) is 5.02 Å². The molecule has 0 saturated heterocycles. The second kappa shape index (κ2) is 8.66. The molecular formula is C23H22ClN7OS. The maximum Gasteiger partial charge on any atom is 0.223 e. The Kier molecular flexibility index (Phi) is 5.69. The van der Waals surface area contributed by atoms with E-state index in [1.54, 1.807) is 18.6 Å². The number of nitrogens with zero attached hydrogens (tertiary/aromatic N) is 6. The van der Waals surface area contributed by atoms with Crippen LogP contribution in [-0.2, 0) is 24.2 Å². The van der Waals surface area contributed by atoms with E-state index in [0.717, 1.165) is 58.2 Å². The predicted molar refractivity (Wildman–Crippen MR) is 130 cm³/mol. The van der Waals surface area contributed by atoms with Gasteiger partial charge in [0.2, 0.25) is 5.91 Å². The smallest absolute Gasteiger partial charge is 0.223 e. The normalized spacial score (nSPS) is 12.5. The lowest BCUT2D eigenvalue weighted by molar-refractivity contribution is -0.114. The number of rotatable bonds is 5. The van der Waals surface area contributed by atoms with Gasteiger partial charge in [-0.3, -0.25) is 14.8 Å². The second-order valence-corrected chi connectivity index (χ2v) is 9.58. The third-order valence-corrected chi connectivity index (χ3v) is 6.66. The number of thiazole rings is 1. The Morgan fingerprint density at radius 2 is 2.12 bits per heavy atom. The van der Waals surface area contributed by atoms with Gasteiger partial charge in [-0.15, -0.1) is 0 Å². The third-order valence-electron chi connectivity index (χ3n) is 5.34. The molecule has 3 heterocycles. The minimum Gasteiger partial charge on any atom is -0.305 e. The average molecular weight is 480 g/mol. The van der Waals surface area contributed by atoms with E-state index in [2.05, 4.69) is 31.2 Å². The van der Waals surface area contributed by atoms with E-state index in [9.17, 15) is 4.79 Å². The van der Waals surface area contributed by atoms with Crippen molar-refractivity contribution in [2.75, 3.05) is 19.4 Å². The molecule has 33 heavy (non-hydrogen) atoms. The summed E-state index contributed by atoms with van der Waals surface area (Å²) in [7, 11) is 4.05. The van der Waals surface area contributed by atoms with Crippen LogP contribution in [0.3, 0.4) is 0 Å². The Hall–Kier alpha value is -3.14. The fraction of sp³-hybridized carbons (Fsp3) is 0.261. The van der Waals surface area contributed by atoms with Crippen LogP contribution in [0.5, 0.6) is 0 Å². The predicted octanol–water partition coefficient (Wildman–Crippen LogP) is 4.22. The molecule has 1 amide bonds. The van der Waals surface area contributed by atoms with Gasteiger partial charge in [-0.25, -0.2) is 9.67 Å². The molecule has 0 atom stereocenters. The minimum atomic E-state index is -0.144. The van der Waals surface area contributed by atoms with E-state index in [4.69, 9.17) is 16.7 Å². The Balaban J connectivity index is 1.70. The quantitative estimate of drug-likeness (QED) is 0.461. The number of carbonyl (C=O) groups excluding carboxylic acids is 1. The first kappa shape index (κ1) is 21.7. The topological polar surface area (TPSA) is 88.8 Å². The molecular weight excluding hydrogens is 458 g/mol. The number of benzene rings is 1. The van der Waals surface area contributed by atoms with Crippen molar-refractivity contribution >= 4 is 34.0 Å². The first-order valence-corrected chi connectivity index (χ1v) is 11.7. The molecule has 0 bridgehead atoms. The van der Waals surface area contributed by atoms with Crippen molar-refractivity contribution in [3.63, 3.8) is 0 Å². The molecule has 168 valence electrons. The van der Waals surface area contributed by atoms with Crippen LogP contribution in [-0.4, -0.2) is 49.6 Å². The largest absolute Gasteiger partial charge is 0.305 e. The van der Waals surface area contributed by atoms with Crippen LogP contribution in [0.1, 0.15) is 23.7 Å². The van der Waals surface area contributed by atoms with Crippen LogP contribution in [0, 0.1) is 0 Å². The molecule has 10 heteroatoms. The van der Waals surface area contributed by atoms with Crippen molar-refractivity contribution in [3.8, 4) is 27.6 Å². The molecule has 0 unspecified atom stereocenters. The molecule has 0 fully saturated rings. The molecule has 0 radical (unpaired) electrons. The fourth-order valence-corrected chi connectivity index (χ4v) is 5.46. The first-order valence-electron chi connectivity index (χ1n) is 10.5. The summed E-state index contributed by atoms with van der Waals surface area (Å²) in [6.07, 6.45) is 6.55. The Morgan fingerprint density at radius 3 is 2.82 bits per heavy atom. The highest BCUT2D eigenvalue weighted by Crippen LogP contribution is 2.44. The maximum atomic E-state index is 11.6. The van der Waals surface area contributed by atoms with Crippen molar-refractivity contribution in [1.82, 2.24) is 29.6 Å². The van der Waals surface area contributed by atoms with Crippen molar-refractivity contribution in [3.05, 3.63) is 58.6 Å². The fourth-order valence-electron chi connectivity index (χ4n) is 4.06. The average Bonchev–Trinajstić information content (AvgIpc) is 3.34. The number of hydrogen-bond acceptors (Lipinski definition) is 7. The summed E-state index contributed by atoms with van der Waals surface area (Å²) in [6.45, 7) is 2.28. The molecule has 5 rings (SSSR count). The van der Waals surface area contributed by atoms with Gasteiger partial charge in [-0.05, 0) is 44.6 Å². The number of anilines is 1. The van der Waals surface area contributed by atoms with Crippen LogP contribution in [0.25, 0.3) is 27.6 Å². The van der Waals surface area contributed by atoms with Crippen LogP contribution in [0.4, 0.5) is 5.13 Å². The first-order chi connectivity index (χ1) is 15.9. The van der Waals surface area contributed by atoms with Crippen molar-refractivity contribution < 1.29 is 4.79 Å². The van der Waals surface area contributed by atoms with Crippen molar-refractivity contribution in [1.29, 1.82) is 0 Å². The monoisotopic (exact) mass is 479 g/mol. The summed E-state index contributed by atoms with van der Waals surface area (Å²) in [4.78, 5) is 28.1. The SMILES string of the molecule is CC(=O)Nc1nc2c(s1)-c1c(c(-c3cnccn3)nn1-c1ccc(CN(C)C)cc1Cl)CC2. The van der Waals surface area contributed by atoms with Gasteiger partial charge >= 0.3 is 0 Å². The second-order valence-electron chi connectivity index (χ2n) is 8.18. The zero-order valence-electron chi connectivity index (χ0n) is 18.5. The molecule has 1 aliphatic carbocycles. The van der Waals surface area contributed by atoms with E-state index >= 15 is 0 Å². The van der Waals surface area contributed by atoms with Gasteiger partial charge in [0.15, 0.2) is 5.13 Å². The molecule has 0 saturated carbocycles. The molecule has 8 nitrogen and oxygen atoms in total. The number of aromatic nitrogens is 5. The molecule has 0 spiro atoms. The zero-order chi connectivity index (χ0) is 23.1. The Morgan fingerprint density at radius 1 is 1.27 bits per heavy atom. The van der Waals surface area contributed by atoms with Crippen LogP contribution in [0.15, 0.2) is 36.8 Å². The number of hydrogen-bond donors (Lipinski definition) is 1. The number of aryl methyl sites for hydroxylation is 1. The van der Waals surface area contributed by atoms with E-state index in [1.807, 2.05) is 30.9 Å².